The fourth-order valence-corrected chi connectivity index (χ4v) is 5.63. The molecule has 0 radical (unpaired) electrons. The van der Waals surface area contributed by atoms with Gasteiger partial charge in [-0.05, 0) is 49.1 Å². The first-order valence-electron chi connectivity index (χ1n) is 12.2. The Morgan fingerprint density at radius 2 is 1.83 bits per heavy atom. The topological polar surface area (TPSA) is 131 Å². The van der Waals surface area contributed by atoms with E-state index in [9.17, 15) is 18.3 Å². The largest absolute Gasteiger partial charge is 0.444 e. The van der Waals surface area contributed by atoms with Crippen LogP contribution in [0.4, 0.5) is 10.5 Å². The number of rotatable bonds is 11. The SMILES string of the molecule is Cc1ccc(CC(NC(=O)OC2CCOC2)C(O)CN(CC(C)C)S(=O)(=O)c2ccc(N)cc2)cc1. The van der Waals surface area contributed by atoms with Crippen molar-refractivity contribution in [1.82, 2.24) is 9.62 Å². The van der Waals surface area contributed by atoms with E-state index in [0.29, 0.717) is 31.7 Å². The molecule has 1 aliphatic heterocycles. The van der Waals surface area contributed by atoms with Crippen LogP contribution in [-0.4, -0.2) is 68.5 Å². The number of amides is 1. The zero-order valence-electron chi connectivity index (χ0n) is 21.1. The van der Waals surface area contributed by atoms with Crippen molar-refractivity contribution in [2.45, 2.75) is 56.8 Å². The van der Waals surface area contributed by atoms with Gasteiger partial charge >= 0.3 is 6.09 Å². The van der Waals surface area contributed by atoms with E-state index >= 15 is 0 Å². The van der Waals surface area contributed by atoms with Gasteiger partial charge in [0, 0.05) is 25.2 Å². The number of anilines is 1. The number of aliphatic hydroxyl groups is 1. The van der Waals surface area contributed by atoms with Gasteiger partial charge in [-0.3, -0.25) is 0 Å². The number of nitrogen functional groups attached to an aromatic ring is 1. The highest BCUT2D eigenvalue weighted by atomic mass is 32.2. The predicted octanol–water partition coefficient (Wildman–Crippen LogP) is 2.71. The summed E-state index contributed by atoms with van der Waals surface area (Å²) in [7, 11) is -3.91. The number of ether oxygens (including phenoxy) is 2. The van der Waals surface area contributed by atoms with Gasteiger partial charge < -0.3 is 25.6 Å². The fraction of sp³-hybridized carbons (Fsp3) is 0.500. The second-order valence-corrected chi connectivity index (χ2v) is 11.6. The van der Waals surface area contributed by atoms with Crippen LogP contribution in [0, 0.1) is 12.8 Å². The number of aliphatic hydroxyl groups excluding tert-OH is 1. The Labute approximate surface area is 213 Å². The Kier molecular flexibility index (Phi) is 9.72. The van der Waals surface area contributed by atoms with Crippen LogP contribution in [0.2, 0.25) is 0 Å². The number of nitrogens with one attached hydrogen (secondary N) is 1. The number of hydrogen-bond acceptors (Lipinski definition) is 7. The Balaban J connectivity index is 1.81. The van der Waals surface area contributed by atoms with Gasteiger partial charge in [-0.25, -0.2) is 13.2 Å². The van der Waals surface area contributed by atoms with Crippen LogP contribution in [0.1, 0.15) is 31.4 Å². The summed E-state index contributed by atoms with van der Waals surface area (Å²) in [5, 5.41) is 14.0. The van der Waals surface area contributed by atoms with Crippen molar-refractivity contribution in [2.75, 3.05) is 32.0 Å². The third-order valence-corrected chi connectivity index (χ3v) is 7.83. The van der Waals surface area contributed by atoms with Crippen molar-refractivity contribution in [3.05, 3.63) is 59.7 Å². The standard InChI is InChI=1S/C26H37N3O6S/c1-18(2)15-29(36(32,33)23-10-8-21(27)9-11-23)16-25(30)24(14-20-6-4-19(3)5-7-20)28-26(31)35-22-12-13-34-17-22/h4-11,18,22,24-25,30H,12-17,27H2,1-3H3,(H,28,31). The molecule has 3 rings (SSSR count). The summed E-state index contributed by atoms with van der Waals surface area (Å²) in [5.74, 6) is 0.0107. The number of alkyl carbamates (subject to hydrolysis) is 1. The van der Waals surface area contributed by atoms with Crippen molar-refractivity contribution in [3.8, 4) is 0 Å². The highest BCUT2D eigenvalue weighted by Gasteiger charge is 2.32. The van der Waals surface area contributed by atoms with E-state index in [1.54, 1.807) is 0 Å². The van der Waals surface area contributed by atoms with Crippen LogP contribution in [0.5, 0.6) is 0 Å². The zero-order chi connectivity index (χ0) is 26.3. The minimum Gasteiger partial charge on any atom is -0.444 e. The number of nitrogens with zero attached hydrogens (tertiary/aromatic N) is 1. The lowest BCUT2D eigenvalue weighted by atomic mass is 10.00. The molecule has 1 heterocycles. The molecule has 2 aromatic carbocycles. The molecule has 1 saturated heterocycles. The van der Waals surface area contributed by atoms with Gasteiger partial charge in [-0.1, -0.05) is 43.7 Å². The molecule has 4 N–H and O–H groups in total. The molecule has 0 aliphatic carbocycles. The predicted molar refractivity (Wildman–Crippen MR) is 138 cm³/mol. The summed E-state index contributed by atoms with van der Waals surface area (Å²) in [4.78, 5) is 12.7. The average molecular weight is 520 g/mol. The average Bonchev–Trinajstić information content (AvgIpc) is 3.32. The number of carbonyl (C=O) groups excluding carboxylic acids is 1. The molecule has 9 nitrogen and oxygen atoms in total. The monoisotopic (exact) mass is 519 g/mol. The molecule has 1 aliphatic rings. The molecule has 36 heavy (non-hydrogen) atoms. The maximum Gasteiger partial charge on any atom is 0.407 e. The van der Waals surface area contributed by atoms with Gasteiger partial charge in [0.2, 0.25) is 10.0 Å². The third-order valence-electron chi connectivity index (χ3n) is 5.98. The van der Waals surface area contributed by atoms with Gasteiger partial charge in [0.1, 0.15) is 6.10 Å². The lowest BCUT2D eigenvalue weighted by molar-refractivity contribution is 0.0644. The van der Waals surface area contributed by atoms with Crippen LogP contribution in [0.3, 0.4) is 0 Å². The summed E-state index contributed by atoms with van der Waals surface area (Å²) in [6.07, 6.45) is -1.29. The van der Waals surface area contributed by atoms with Crippen LogP contribution in [0.25, 0.3) is 0 Å². The van der Waals surface area contributed by atoms with Crippen molar-refractivity contribution < 1.29 is 27.8 Å². The first-order chi connectivity index (χ1) is 17.0. The Morgan fingerprint density at radius 3 is 2.42 bits per heavy atom. The third kappa shape index (κ3) is 7.92. The maximum absolute atomic E-state index is 13.4. The molecular formula is C26H37N3O6S. The highest BCUT2D eigenvalue weighted by molar-refractivity contribution is 7.89. The molecule has 0 saturated carbocycles. The number of hydrogen-bond donors (Lipinski definition) is 3. The molecule has 1 amide bonds. The maximum atomic E-state index is 13.4. The Bertz CT molecular complexity index is 1080. The first-order valence-corrected chi connectivity index (χ1v) is 13.6. The Hall–Kier alpha value is -2.66. The van der Waals surface area contributed by atoms with Crippen molar-refractivity contribution in [1.29, 1.82) is 0 Å². The van der Waals surface area contributed by atoms with E-state index in [4.69, 9.17) is 15.2 Å². The van der Waals surface area contributed by atoms with E-state index in [1.807, 2.05) is 45.0 Å². The molecule has 3 unspecified atom stereocenters. The van der Waals surface area contributed by atoms with Crippen LogP contribution in [-0.2, 0) is 25.9 Å². The molecule has 1 fully saturated rings. The van der Waals surface area contributed by atoms with Gasteiger partial charge in [-0.2, -0.15) is 4.31 Å². The van der Waals surface area contributed by atoms with Crippen LogP contribution >= 0.6 is 0 Å². The highest BCUT2D eigenvalue weighted by Crippen LogP contribution is 2.20. The summed E-state index contributed by atoms with van der Waals surface area (Å²) >= 11 is 0. The molecule has 10 heteroatoms. The number of sulfonamides is 1. The fourth-order valence-electron chi connectivity index (χ4n) is 4.01. The molecule has 0 bridgehead atoms. The van der Waals surface area contributed by atoms with Gasteiger partial charge in [0.15, 0.2) is 0 Å². The number of carbonyl (C=O) groups is 1. The Morgan fingerprint density at radius 1 is 1.17 bits per heavy atom. The van der Waals surface area contributed by atoms with E-state index in [0.717, 1.165) is 11.1 Å². The zero-order valence-corrected chi connectivity index (χ0v) is 21.9. The second-order valence-electron chi connectivity index (χ2n) is 9.68. The van der Waals surface area contributed by atoms with Crippen LogP contribution in [0.15, 0.2) is 53.4 Å². The van der Waals surface area contributed by atoms with Gasteiger partial charge in [0.05, 0.1) is 30.3 Å². The number of aryl methyl sites for hydroxylation is 1. The summed E-state index contributed by atoms with van der Waals surface area (Å²) < 4.78 is 38.8. The smallest absolute Gasteiger partial charge is 0.407 e. The van der Waals surface area contributed by atoms with Crippen molar-refractivity contribution in [3.63, 3.8) is 0 Å². The van der Waals surface area contributed by atoms with Gasteiger partial charge in [-0.15, -0.1) is 0 Å². The quantitative estimate of drug-likeness (QED) is 0.389. The first kappa shape index (κ1) is 27.9. The van der Waals surface area contributed by atoms with E-state index in [2.05, 4.69) is 5.32 Å². The minimum absolute atomic E-state index is 0.0107. The number of nitrogens with two attached hydrogens (primary N) is 1. The van der Waals surface area contributed by atoms with E-state index in [1.165, 1.54) is 28.6 Å². The van der Waals surface area contributed by atoms with E-state index < -0.39 is 28.3 Å². The van der Waals surface area contributed by atoms with Crippen molar-refractivity contribution in [2.24, 2.45) is 5.92 Å². The van der Waals surface area contributed by atoms with Crippen molar-refractivity contribution >= 4 is 21.8 Å². The normalized spacial score (nSPS) is 17.8. The van der Waals surface area contributed by atoms with Crippen LogP contribution < -0.4 is 11.1 Å². The molecule has 3 atom stereocenters. The summed E-state index contributed by atoms with van der Waals surface area (Å²) in [6, 6.07) is 12.9. The molecule has 0 aromatic heterocycles. The lowest BCUT2D eigenvalue weighted by Crippen LogP contribution is -2.51. The lowest BCUT2D eigenvalue weighted by Gasteiger charge is -2.30. The number of benzene rings is 2. The summed E-state index contributed by atoms with van der Waals surface area (Å²) in [6.45, 7) is 6.64. The molecule has 0 spiro atoms. The molecular weight excluding hydrogens is 482 g/mol. The minimum atomic E-state index is -3.91. The molecule has 2 aromatic rings. The van der Waals surface area contributed by atoms with Gasteiger partial charge in [0.25, 0.3) is 0 Å². The molecule has 198 valence electrons. The summed E-state index contributed by atoms with van der Waals surface area (Å²) in [5.41, 5.74) is 8.16. The second kappa shape index (κ2) is 12.5. The van der Waals surface area contributed by atoms with E-state index in [-0.39, 0.29) is 30.0 Å².